The van der Waals surface area contributed by atoms with Crippen LogP contribution in [0.3, 0.4) is 0 Å². The fourth-order valence-corrected chi connectivity index (χ4v) is 2.59. The molecule has 0 aromatic heterocycles. The number of fused-ring (bicyclic) bond motifs is 2. The molecule has 0 spiro atoms. The Morgan fingerprint density at radius 1 is 0.680 bits per heavy atom. The van der Waals surface area contributed by atoms with Crippen LogP contribution in [0, 0.1) is 0 Å². The molecule has 0 saturated heterocycles. The average Bonchev–Trinajstić information content (AvgIpc) is 2.67. The van der Waals surface area contributed by atoms with Gasteiger partial charge in [0.05, 0.1) is 0 Å². The van der Waals surface area contributed by atoms with Gasteiger partial charge in [0.15, 0.2) is 6.61 Å². The molecule has 0 heterocycles. The lowest BCUT2D eigenvalue weighted by molar-refractivity contribution is -0.139. The van der Waals surface area contributed by atoms with Gasteiger partial charge < -0.3 is 9.84 Å². The highest BCUT2D eigenvalue weighted by Crippen LogP contribution is 2.24. The number of carboxylic acid groups (broad SMARTS) is 1. The number of rotatable bonds is 3. The number of hydrogen-bond acceptors (Lipinski definition) is 2. The molecule has 0 atom stereocenters. The highest BCUT2D eigenvalue weighted by Gasteiger charge is 2.03. The van der Waals surface area contributed by atoms with Gasteiger partial charge in [-0.1, -0.05) is 84.9 Å². The van der Waals surface area contributed by atoms with Crippen LogP contribution in [0.25, 0.3) is 21.5 Å². The molecule has 0 fully saturated rings. The van der Waals surface area contributed by atoms with Crippen LogP contribution in [0.2, 0.25) is 0 Å². The van der Waals surface area contributed by atoms with E-state index in [2.05, 4.69) is 48.5 Å². The Morgan fingerprint density at radius 3 is 1.72 bits per heavy atom. The van der Waals surface area contributed by atoms with Crippen molar-refractivity contribution in [1.82, 2.24) is 0 Å². The van der Waals surface area contributed by atoms with E-state index in [1.54, 1.807) is 6.07 Å². The molecule has 124 valence electrons. The van der Waals surface area contributed by atoms with Crippen molar-refractivity contribution in [2.24, 2.45) is 0 Å². The molecule has 0 aliphatic carbocycles. The normalized spacial score (nSPS) is 10.1. The lowest BCUT2D eigenvalue weighted by atomic mass is 10.1. The van der Waals surface area contributed by atoms with E-state index < -0.39 is 5.97 Å². The fraction of sp³-hybridized carbons (Fsp3) is 0.0455. The Morgan fingerprint density at radius 2 is 1.16 bits per heavy atom. The van der Waals surface area contributed by atoms with E-state index in [4.69, 9.17) is 9.84 Å². The van der Waals surface area contributed by atoms with Gasteiger partial charge in [-0.3, -0.25) is 0 Å². The molecule has 1 N–H and O–H groups in total. The summed E-state index contributed by atoms with van der Waals surface area (Å²) in [6.45, 7) is -0.312. The van der Waals surface area contributed by atoms with Crippen molar-refractivity contribution in [3.63, 3.8) is 0 Å². The maximum Gasteiger partial charge on any atom is 0.341 e. The Kier molecular flexibility index (Phi) is 5.27. The second-order valence-corrected chi connectivity index (χ2v) is 5.51. The maximum absolute atomic E-state index is 10.4. The minimum atomic E-state index is -0.970. The van der Waals surface area contributed by atoms with Crippen LogP contribution in [0.4, 0.5) is 0 Å². The predicted molar refractivity (Wildman–Crippen MR) is 101 cm³/mol. The van der Waals surface area contributed by atoms with E-state index in [-0.39, 0.29) is 6.61 Å². The molecule has 0 saturated carbocycles. The van der Waals surface area contributed by atoms with Crippen LogP contribution < -0.4 is 4.74 Å². The molecule has 0 aliphatic rings. The quantitative estimate of drug-likeness (QED) is 0.565. The third-order valence-corrected chi connectivity index (χ3v) is 3.76. The van der Waals surface area contributed by atoms with E-state index in [0.717, 1.165) is 10.8 Å². The molecule has 4 aromatic carbocycles. The minimum Gasteiger partial charge on any atom is -0.481 e. The van der Waals surface area contributed by atoms with Gasteiger partial charge >= 0.3 is 5.97 Å². The number of benzene rings is 4. The molecule has 4 rings (SSSR count). The van der Waals surface area contributed by atoms with Crippen molar-refractivity contribution in [3.8, 4) is 5.75 Å². The number of hydrogen-bond donors (Lipinski definition) is 1. The summed E-state index contributed by atoms with van der Waals surface area (Å²) in [7, 11) is 0. The van der Waals surface area contributed by atoms with Crippen LogP contribution in [0.1, 0.15) is 0 Å². The Labute approximate surface area is 146 Å². The molecule has 0 bridgehead atoms. The molecular weight excluding hydrogens is 312 g/mol. The summed E-state index contributed by atoms with van der Waals surface area (Å²) in [5.41, 5.74) is 0. The highest BCUT2D eigenvalue weighted by atomic mass is 16.5. The number of ether oxygens (including phenoxy) is 1. The van der Waals surface area contributed by atoms with Crippen molar-refractivity contribution in [3.05, 3.63) is 91.0 Å². The van der Waals surface area contributed by atoms with E-state index in [0.29, 0.717) is 5.75 Å². The zero-order valence-corrected chi connectivity index (χ0v) is 13.6. The van der Waals surface area contributed by atoms with E-state index in [1.807, 2.05) is 36.4 Å². The van der Waals surface area contributed by atoms with E-state index in [1.165, 1.54) is 10.8 Å². The summed E-state index contributed by atoms with van der Waals surface area (Å²) >= 11 is 0. The van der Waals surface area contributed by atoms with Gasteiger partial charge in [-0.05, 0) is 22.2 Å². The smallest absolute Gasteiger partial charge is 0.341 e. The zero-order valence-electron chi connectivity index (χ0n) is 13.6. The van der Waals surface area contributed by atoms with Gasteiger partial charge in [-0.15, -0.1) is 0 Å². The summed E-state index contributed by atoms with van der Waals surface area (Å²) in [5.74, 6) is -0.363. The molecule has 3 heteroatoms. The summed E-state index contributed by atoms with van der Waals surface area (Å²) in [5, 5.41) is 13.1. The van der Waals surface area contributed by atoms with Crippen LogP contribution in [-0.4, -0.2) is 17.7 Å². The first-order valence-electron chi connectivity index (χ1n) is 8.00. The Balaban J connectivity index is 0.000000157. The average molecular weight is 330 g/mol. The van der Waals surface area contributed by atoms with Crippen molar-refractivity contribution in [2.75, 3.05) is 6.61 Å². The highest BCUT2D eigenvalue weighted by molar-refractivity contribution is 5.88. The SMILES string of the molecule is O=C(O)COc1cccc2ccccc12.c1ccc2ccccc2c1. The van der Waals surface area contributed by atoms with Crippen LogP contribution in [-0.2, 0) is 4.79 Å². The van der Waals surface area contributed by atoms with Gasteiger partial charge in [0, 0.05) is 5.39 Å². The van der Waals surface area contributed by atoms with Crippen LogP contribution in [0.15, 0.2) is 91.0 Å². The van der Waals surface area contributed by atoms with Crippen molar-refractivity contribution in [2.45, 2.75) is 0 Å². The summed E-state index contributed by atoms with van der Waals surface area (Å²) in [6.07, 6.45) is 0. The molecule has 0 amide bonds. The van der Waals surface area contributed by atoms with Crippen LogP contribution >= 0.6 is 0 Å². The van der Waals surface area contributed by atoms with E-state index >= 15 is 0 Å². The molecule has 0 aliphatic heterocycles. The first-order valence-corrected chi connectivity index (χ1v) is 8.00. The predicted octanol–water partition coefficient (Wildman–Crippen LogP) is 5.14. The summed E-state index contributed by atoms with van der Waals surface area (Å²) in [4.78, 5) is 10.4. The topological polar surface area (TPSA) is 46.5 Å². The van der Waals surface area contributed by atoms with Crippen molar-refractivity contribution < 1.29 is 14.6 Å². The third-order valence-electron chi connectivity index (χ3n) is 3.76. The second kappa shape index (κ2) is 7.97. The second-order valence-electron chi connectivity index (χ2n) is 5.51. The monoisotopic (exact) mass is 330 g/mol. The lowest BCUT2D eigenvalue weighted by Gasteiger charge is -2.06. The molecule has 3 nitrogen and oxygen atoms in total. The summed E-state index contributed by atoms with van der Waals surface area (Å²) < 4.78 is 5.18. The lowest BCUT2D eigenvalue weighted by Crippen LogP contribution is -2.09. The van der Waals surface area contributed by atoms with Gasteiger partial charge in [-0.2, -0.15) is 0 Å². The molecule has 4 aromatic rings. The maximum atomic E-state index is 10.4. The number of carboxylic acids is 1. The van der Waals surface area contributed by atoms with Crippen molar-refractivity contribution in [1.29, 1.82) is 0 Å². The standard InChI is InChI=1S/C12H10O3.C10H8/c13-12(14)8-15-11-7-3-5-9-4-1-2-6-10(9)11;1-2-6-10-8-4-3-7-9(10)5-1/h1-7H,8H2,(H,13,14);1-8H. The molecule has 25 heavy (non-hydrogen) atoms. The van der Waals surface area contributed by atoms with Gasteiger partial charge in [-0.25, -0.2) is 4.79 Å². The minimum absolute atomic E-state index is 0.312. The van der Waals surface area contributed by atoms with Crippen LogP contribution in [0.5, 0.6) is 5.75 Å². The number of carbonyl (C=O) groups is 1. The van der Waals surface area contributed by atoms with Gasteiger partial charge in [0.25, 0.3) is 0 Å². The van der Waals surface area contributed by atoms with E-state index in [9.17, 15) is 4.79 Å². The Hall–Kier alpha value is -3.33. The number of aliphatic carboxylic acids is 1. The first-order chi connectivity index (χ1) is 12.2. The first kappa shape index (κ1) is 16.5. The molecule has 0 radical (unpaired) electrons. The molecular formula is C22H18O3. The molecule has 0 unspecified atom stereocenters. The third kappa shape index (κ3) is 4.36. The zero-order chi connectivity index (χ0) is 17.5. The van der Waals surface area contributed by atoms with Crippen molar-refractivity contribution >= 4 is 27.5 Å². The fourth-order valence-electron chi connectivity index (χ4n) is 2.59. The van der Waals surface area contributed by atoms with Gasteiger partial charge in [0.1, 0.15) is 5.75 Å². The summed E-state index contributed by atoms with van der Waals surface area (Å²) in [6, 6.07) is 30.0. The van der Waals surface area contributed by atoms with Gasteiger partial charge in [0.2, 0.25) is 0 Å². The largest absolute Gasteiger partial charge is 0.481 e. The Bertz CT molecular complexity index is 921.